The number of piperidine rings is 2. The molecule has 2 saturated heterocycles. The number of benzene rings is 2. The van der Waals surface area contributed by atoms with Gasteiger partial charge in [-0.05, 0) is 80.8 Å². The highest BCUT2D eigenvalue weighted by Crippen LogP contribution is 2.55. The number of nitrogens with one attached hydrogen (secondary N) is 2. The van der Waals surface area contributed by atoms with Crippen molar-refractivity contribution >= 4 is 41.0 Å². The van der Waals surface area contributed by atoms with Crippen LogP contribution in [0, 0.1) is 28.1 Å². The van der Waals surface area contributed by atoms with Crippen molar-refractivity contribution in [1.82, 2.24) is 30.4 Å². The largest absolute Gasteiger partial charge is 0.490 e. The highest BCUT2D eigenvalue weighted by molar-refractivity contribution is 6.31. The van der Waals surface area contributed by atoms with Gasteiger partial charge in [0.15, 0.2) is 0 Å². The smallest absolute Gasteiger partial charge is 0.271 e. The van der Waals surface area contributed by atoms with E-state index in [2.05, 4.69) is 84.9 Å². The Morgan fingerprint density at radius 1 is 1.03 bits per heavy atom. The molecule has 4 fully saturated rings. The zero-order chi connectivity index (χ0) is 45.0. The van der Waals surface area contributed by atoms with Gasteiger partial charge in [0, 0.05) is 86.0 Å². The minimum absolute atomic E-state index is 0.0891. The van der Waals surface area contributed by atoms with Crippen LogP contribution in [0.25, 0.3) is 0 Å². The first-order valence-electron chi connectivity index (χ1n) is 22.5. The normalized spacial score (nSPS) is 25.2. The van der Waals surface area contributed by atoms with Crippen LogP contribution in [0.1, 0.15) is 125 Å². The summed E-state index contributed by atoms with van der Waals surface area (Å²) in [5, 5.41) is 15.2. The van der Waals surface area contributed by atoms with Gasteiger partial charge >= 0.3 is 0 Å². The molecule has 14 nitrogen and oxygen atoms in total. The van der Waals surface area contributed by atoms with Crippen molar-refractivity contribution in [2.45, 2.75) is 136 Å². The van der Waals surface area contributed by atoms with E-state index in [0.717, 1.165) is 68.0 Å². The molecule has 1 atom stereocenters. The van der Waals surface area contributed by atoms with Gasteiger partial charge in [-0.25, -0.2) is 9.97 Å². The van der Waals surface area contributed by atoms with Crippen molar-refractivity contribution in [3.05, 3.63) is 75.7 Å². The number of carbonyl (C=O) groups is 4. The number of hydrogen-bond acceptors (Lipinski definition) is 11. The molecule has 2 N–H and O–H groups in total. The van der Waals surface area contributed by atoms with E-state index in [-0.39, 0.29) is 48.1 Å². The topological polar surface area (TPSA) is 170 Å². The Morgan fingerprint density at radius 2 is 1.76 bits per heavy atom. The number of rotatable bonds is 13. The fraction of sp³-hybridized carbons (Fsp3) is 0.562. The van der Waals surface area contributed by atoms with Crippen LogP contribution in [0.15, 0.2) is 42.7 Å². The molecular weight excluding hydrogens is 820 g/mol. The number of fused-ring (bicyclic) bond motifs is 1. The van der Waals surface area contributed by atoms with Crippen LogP contribution >= 0.6 is 11.6 Å². The Morgan fingerprint density at radius 3 is 2.38 bits per heavy atom. The van der Waals surface area contributed by atoms with E-state index in [9.17, 15) is 24.4 Å². The standard InChI is InChI=1S/C48H59ClN8O6/c1-8-33-35-26-57(38-12-14-41(58)53-43(38)60)44(61)34(35)11-13-39(33)62-32-19-30(20-32)56(27(2)3)25-28-15-17-55(18-16-28)40-24-51-37(23-52-40)42(59)54-45-47(4,5)46(48(45,6)7)63-31-10-9-29(22-50)36(49)21-31/h9-11,13,21,23-24,27-28,30,32,38,45-46H,8,12,14-20,25-26H2,1-7H3,(H,54,59)(H,53,58,60). The van der Waals surface area contributed by atoms with Gasteiger partial charge in [-0.2, -0.15) is 5.26 Å². The first-order valence-corrected chi connectivity index (χ1v) is 22.8. The number of anilines is 1. The summed E-state index contributed by atoms with van der Waals surface area (Å²) in [4.78, 5) is 66.9. The molecule has 0 bridgehead atoms. The molecule has 4 amide bonds. The van der Waals surface area contributed by atoms with Crippen LogP contribution in [0.4, 0.5) is 5.82 Å². The SMILES string of the molecule is CCc1c(OC2CC(N(CC3CCN(c4cnc(C(=O)NC5C(C)(C)C(Oc6ccc(C#N)c(Cl)c6)C5(C)C)cn4)CC3)C(C)C)C2)ccc2c1CN(C1CCC(=O)NC1=O)C2=O. The molecule has 0 radical (unpaired) electrons. The van der Waals surface area contributed by atoms with Gasteiger partial charge in [-0.15, -0.1) is 0 Å². The monoisotopic (exact) mass is 878 g/mol. The second-order valence-corrected chi connectivity index (χ2v) is 19.9. The number of nitrogens with zero attached hydrogens (tertiary/aromatic N) is 6. The second-order valence-electron chi connectivity index (χ2n) is 19.5. The van der Waals surface area contributed by atoms with Gasteiger partial charge < -0.3 is 24.6 Å². The van der Waals surface area contributed by atoms with E-state index in [1.807, 2.05) is 12.1 Å². The number of amides is 4. The predicted molar refractivity (Wildman–Crippen MR) is 238 cm³/mol. The summed E-state index contributed by atoms with van der Waals surface area (Å²) >= 11 is 6.26. The Bertz CT molecular complexity index is 2300. The minimum atomic E-state index is -0.640. The Labute approximate surface area is 375 Å². The number of imide groups is 1. The number of carbonyl (C=O) groups excluding carboxylic acids is 4. The van der Waals surface area contributed by atoms with Crippen LogP contribution in [0.5, 0.6) is 11.5 Å². The average Bonchev–Trinajstić information content (AvgIpc) is 3.57. The van der Waals surface area contributed by atoms with E-state index >= 15 is 0 Å². The van der Waals surface area contributed by atoms with Crippen molar-refractivity contribution in [3.8, 4) is 17.6 Å². The van der Waals surface area contributed by atoms with E-state index in [1.54, 1.807) is 35.5 Å². The third-order valence-corrected chi connectivity index (χ3v) is 14.7. The maximum absolute atomic E-state index is 13.5. The molecular formula is C48H59ClN8O6. The first-order chi connectivity index (χ1) is 30.0. The Kier molecular flexibility index (Phi) is 12.2. The molecule has 3 aliphatic heterocycles. The summed E-state index contributed by atoms with van der Waals surface area (Å²) in [6.45, 7) is 18.0. The predicted octanol–water partition coefficient (Wildman–Crippen LogP) is 6.47. The van der Waals surface area contributed by atoms with Gasteiger partial charge in [-0.1, -0.05) is 46.2 Å². The van der Waals surface area contributed by atoms with Gasteiger partial charge in [-0.3, -0.25) is 29.4 Å². The molecule has 15 heteroatoms. The highest BCUT2D eigenvalue weighted by atomic mass is 35.5. The summed E-state index contributed by atoms with van der Waals surface area (Å²) in [5.74, 6) is 1.58. The second kappa shape index (κ2) is 17.4. The van der Waals surface area contributed by atoms with Gasteiger partial charge in [0.1, 0.15) is 47.3 Å². The van der Waals surface area contributed by atoms with Gasteiger partial charge in [0.05, 0.1) is 23.0 Å². The van der Waals surface area contributed by atoms with Crippen LogP contribution in [0.2, 0.25) is 5.02 Å². The molecule has 63 heavy (non-hydrogen) atoms. The number of hydrogen-bond donors (Lipinski definition) is 2. The van der Waals surface area contributed by atoms with Crippen molar-refractivity contribution in [2.75, 3.05) is 24.5 Å². The lowest BCUT2D eigenvalue weighted by atomic mass is 9.49. The molecule has 4 heterocycles. The van der Waals surface area contributed by atoms with Crippen LogP contribution < -0.4 is 25.0 Å². The van der Waals surface area contributed by atoms with Gasteiger partial charge in [0.25, 0.3) is 11.8 Å². The Balaban J connectivity index is 0.804. The number of halogens is 1. The third-order valence-electron chi connectivity index (χ3n) is 14.4. The summed E-state index contributed by atoms with van der Waals surface area (Å²) in [6.07, 6.45) is 8.38. The summed E-state index contributed by atoms with van der Waals surface area (Å²) in [5.41, 5.74) is 2.43. The quantitative estimate of drug-likeness (QED) is 0.181. The maximum Gasteiger partial charge on any atom is 0.271 e. The molecule has 5 aliphatic rings. The molecule has 0 spiro atoms. The van der Waals surface area contributed by atoms with E-state index in [4.69, 9.17) is 21.1 Å². The highest BCUT2D eigenvalue weighted by Gasteiger charge is 2.64. The van der Waals surface area contributed by atoms with E-state index in [1.165, 1.54) is 0 Å². The fourth-order valence-electron chi connectivity index (χ4n) is 11.1. The number of nitriles is 1. The number of ether oxygens (including phenoxy) is 2. The van der Waals surface area contributed by atoms with Crippen molar-refractivity contribution in [1.29, 1.82) is 5.26 Å². The van der Waals surface area contributed by atoms with Crippen molar-refractivity contribution in [2.24, 2.45) is 16.7 Å². The van der Waals surface area contributed by atoms with E-state index < -0.39 is 22.8 Å². The Hall–Kier alpha value is -5.26. The lowest BCUT2D eigenvalue weighted by Crippen LogP contribution is -2.74. The zero-order valence-electron chi connectivity index (χ0n) is 37.4. The molecule has 3 aromatic rings. The van der Waals surface area contributed by atoms with Gasteiger partial charge in [0.2, 0.25) is 11.8 Å². The summed E-state index contributed by atoms with van der Waals surface area (Å²) in [6, 6.07) is 10.9. The molecule has 1 unspecified atom stereocenters. The third kappa shape index (κ3) is 8.46. The first kappa shape index (κ1) is 44.4. The molecule has 2 saturated carbocycles. The lowest BCUT2D eigenvalue weighted by Gasteiger charge is -2.63. The maximum atomic E-state index is 13.5. The van der Waals surface area contributed by atoms with Crippen LogP contribution in [-0.4, -0.2) is 99.4 Å². The molecule has 1 aromatic heterocycles. The molecule has 2 aliphatic carbocycles. The van der Waals surface area contributed by atoms with Crippen LogP contribution in [-0.2, 0) is 22.6 Å². The lowest BCUT2D eigenvalue weighted by molar-refractivity contribution is -0.164. The van der Waals surface area contributed by atoms with Crippen molar-refractivity contribution < 1.29 is 28.7 Å². The molecule has 2 aromatic carbocycles. The minimum Gasteiger partial charge on any atom is -0.490 e. The van der Waals surface area contributed by atoms with Crippen LogP contribution in [0.3, 0.4) is 0 Å². The zero-order valence-corrected chi connectivity index (χ0v) is 38.1. The molecule has 334 valence electrons. The summed E-state index contributed by atoms with van der Waals surface area (Å²) in [7, 11) is 0. The fourth-order valence-corrected chi connectivity index (χ4v) is 11.3. The average molecular weight is 880 g/mol. The van der Waals surface area contributed by atoms with E-state index in [0.29, 0.717) is 59.3 Å². The summed E-state index contributed by atoms with van der Waals surface area (Å²) < 4.78 is 13.0. The molecule has 8 rings (SSSR count). The van der Waals surface area contributed by atoms with Crippen molar-refractivity contribution in [3.63, 3.8) is 0 Å². The number of aromatic nitrogens is 2.